The molecule has 1 fully saturated rings. The first-order valence-electron chi connectivity index (χ1n) is 6.71. The molecule has 1 atom stereocenters. The van der Waals surface area contributed by atoms with E-state index in [4.69, 9.17) is 9.47 Å². The van der Waals surface area contributed by atoms with Crippen LogP contribution in [0.2, 0.25) is 0 Å². The summed E-state index contributed by atoms with van der Waals surface area (Å²) in [4.78, 5) is 0. The van der Waals surface area contributed by atoms with Crippen molar-refractivity contribution in [1.29, 1.82) is 0 Å². The normalized spacial score (nSPS) is 20.6. The molecule has 112 valence electrons. The number of piperidine rings is 1. The molecule has 0 N–H and O–H groups in total. The number of benzene rings is 1. The van der Waals surface area contributed by atoms with Crippen molar-refractivity contribution in [2.45, 2.75) is 12.8 Å². The van der Waals surface area contributed by atoms with Gasteiger partial charge in [0.05, 0.1) is 20.0 Å². The summed E-state index contributed by atoms with van der Waals surface area (Å²) in [5.74, 6) is 1.62. The van der Waals surface area contributed by atoms with E-state index in [1.807, 2.05) is 24.3 Å². The van der Waals surface area contributed by atoms with Crippen LogP contribution in [0.25, 0.3) is 0 Å². The Kier molecular flexibility index (Phi) is 4.88. The molecule has 0 saturated carbocycles. The standard InChI is InChI=1S/C14H21NO4S/c1-18-13-7-3-4-8-14(13)19-11-12-6-5-9-15(10-12)20(2,16)17/h3-4,7-8,12H,5-6,9-11H2,1-2H3/t12-/m0/s1. The number of nitrogens with zero attached hydrogens (tertiary/aromatic N) is 1. The molecule has 6 heteroatoms. The maximum atomic E-state index is 11.6. The third-order valence-electron chi connectivity index (χ3n) is 3.49. The molecule has 1 aromatic rings. The summed E-state index contributed by atoms with van der Waals surface area (Å²) >= 11 is 0. The van der Waals surface area contributed by atoms with Gasteiger partial charge in [0.25, 0.3) is 0 Å². The minimum absolute atomic E-state index is 0.225. The molecule has 0 aromatic heterocycles. The highest BCUT2D eigenvalue weighted by molar-refractivity contribution is 7.88. The Morgan fingerprint density at radius 3 is 2.65 bits per heavy atom. The van der Waals surface area contributed by atoms with Crippen LogP contribution in [0, 0.1) is 5.92 Å². The predicted octanol–water partition coefficient (Wildman–Crippen LogP) is 1.75. The summed E-state index contributed by atoms with van der Waals surface area (Å²) in [7, 11) is -1.50. The SMILES string of the molecule is COc1ccccc1OC[C@H]1CCCN(S(C)(=O)=O)C1. The van der Waals surface area contributed by atoms with Gasteiger partial charge < -0.3 is 9.47 Å². The molecule has 2 rings (SSSR count). The van der Waals surface area contributed by atoms with E-state index < -0.39 is 10.0 Å². The Morgan fingerprint density at radius 2 is 2.00 bits per heavy atom. The lowest BCUT2D eigenvalue weighted by Crippen LogP contribution is -2.40. The van der Waals surface area contributed by atoms with Gasteiger partial charge in [-0.15, -0.1) is 0 Å². The average Bonchev–Trinajstić information content (AvgIpc) is 2.45. The summed E-state index contributed by atoms with van der Waals surface area (Å²) < 4.78 is 35.7. The lowest BCUT2D eigenvalue weighted by molar-refractivity contribution is 0.177. The molecule has 20 heavy (non-hydrogen) atoms. The Morgan fingerprint density at radius 1 is 1.30 bits per heavy atom. The van der Waals surface area contributed by atoms with Gasteiger partial charge in [-0.2, -0.15) is 0 Å². The van der Waals surface area contributed by atoms with E-state index in [-0.39, 0.29) is 5.92 Å². The van der Waals surface area contributed by atoms with Crippen molar-refractivity contribution in [1.82, 2.24) is 4.31 Å². The first-order valence-corrected chi connectivity index (χ1v) is 8.56. The van der Waals surface area contributed by atoms with Crippen molar-refractivity contribution >= 4 is 10.0 Å². The van der Waals surface area contributed by atoms with Crippen LogP contribution in [-0.4, -0.2) is 45.8 Å². The van der Waals surface area contributed by atoms with Crippen LogP contribution in [0.5, 0.6) is 11.5 Å². The van der Waals surface area contributed by atoms with Gasteiger partial charge in [-0.3, -0.25) is 0 Å². The average molecular weight is 299 g/mol. The Hall–Kier alpha value is -1.27. The molecule has 0 radical (unpaired) electrons. The minimum atomic E-state index is -3.10. The van der Waals surface area contributed by atoms with Crippen LogP contribution >= 0.6 is 0 Å². The van der Waals surface area contributed by atoms with E-state index in [1.165, 1.54) is 10.6 Å². The van der Waals surface area contributed by atoms with Gasteiger partial charge in [0.2, 0.25) is 10.0 Å². The summed E-state index contributed by atoms with van der Waals surface area (Å²) in [6, 6.07) is 7.48. The van der Waals surface area contributed by atoms with Crippen molar-refractivity contribution in [3.8, 4) is 11.5 Å². The summed E-state index contributed by atoms with van der Waals surface area (Å²) in [6.45, 7) is 1.66. The Balaban J connectivity index is 1.94. The van der Waals surface area contributed by atoms with Crippen molar-refractivity contribution in [3.63, 3.8) is 0 Å². The molecular formula is C14H21NO4S. The largest absolute Gasteiger partial charge is 0.493 e. The molecule has 1 aliphatic rings. The number of rotatable bonds is 5. The number of hydrogen-bond donors (Lipinski definition) is 0. The Bertz CT molecular complexity index is 544. The molecule has 0 unspecified atom stereocenters. The van der Waals surface area contributed by atoms with E-state index in [0.29, 0.717) is 31.2 Å². The molecule has 5 nitrogen and oxygen atoms in total. The maximum absolute atomic E-state index is 11.6. The van der Waals surface area contributed by atoms with Gasteiger partial charge in [0, 0.05) is 19.0 Å². The second-order valence-electron chi connectivity index (χ2n) is 5.09. The monoisotopic (exact) mass is 299 g/mol. The third kappa shape index (κ3) is 3.86. The molecular weight excluding hydrogens is 278 g/mol. The topological polar surface area (TPSA) is 55.8 Å². The van der Waals surface area contributed by atoms with E-state index in [1.54, 1.807) is 7.11 Å². The number of para-hydroxylation sites is 2. The highest BCUT2D eigenvalue weighted by Crippen LogP contribution is 2.27. The van der Waals surface area contributed by atoms with Crippen LogP contribution in [0.4, 0.5) is 0 Å². The van der Waals surface area contributed by atoms with Crippen LogP contribution in [0.1, 0.15) is 12.8 Å². The van der Waals surface area contributed by atoms with Gasteiger partial charge in [-0.1, -0.05) is 12.1 Å². The number of hydrogen-bond acceptors (Lipinski definition) is 4. The Labute approximate surface area is 120 Å². The molecule has 1 heterocycles. The zero-order valence-electron chi connectivity index (χ0n) is 11.9. The van der Waals surface area contributed by atoms with Gasteiger partial charge in [0.1, 0.15) is 0 Å². The highest BCUT2D eigenvalue weighted by Gasteiger charge is 2.26. The smallest absolute Gasteiger partial charge is 0.211 e. The van der Waals surface area contributed by atoms with Gasteiger partial charge in [0.15, 0.2) is 11.5 Å². The van der Waals surface area contributed by atoms with E-state index in [9.17, 15) is 8.42 Å². The predicted molar refractivity (Wildman–Crippen MR) is 77.6 cm³/mol. The first-order chi connectivity index (χ1) is 9.50. The second kappa shape index (κ2) is 6.45. The summed E-state index contributed by atoms with van der Waals surface area (Å²) in [5, 5.41) is 0. The molecule has 0 bridgehead atoms. The summed E-state index contributed by atoms with van der Waals surface area (Å²) in [6.07, 6.45) is 3.13. The molecule has 0 amide bonds. The van der Waals surface area contributed by atoms with E-state index in [0.717, 1.165) is 12.8 Å². The number of methoxy groups -OCH3 is 1. The van der Waals surface area contributed by atoms with Gasteiger partial charge >= 0.3 is 0 Å². The fourth-order valence-electron chi connectivity index (χ4n) is 2.41. The van der Waals surface area contributed by atoms with Crippen LogP contribution < -0.4 is 9.47 Å². The zero-order chi connectivity index (χ0) is 14.6. The number of sulfonamides is 1. The fraction of sp³-hybridized carbons (Fsp3) is 0.571. The zero-order valence-corrected chi connectivity index (χ0v) is 12.7. The first kappa shape index (κ1) is 15.1. The lowest BCUT2D eigenvalue weighted by atomic mass is 10.0. The van der Waals surface area contributed by atoms with Gasteiger partial charge in [-0.25, -0.2) is 12.7 Å². The van der Waals surface area contributed by atoms with Crippen molar-refractivity contribution in [3.05, 3.63) is 24.3 Å². The summed E-state index contributed by atoms with van der Waals surface area (Å²) in [5.41, 5.74) is 0. The second-order valence-corrected chi connectivity index (χ2v) is 7.07. The van der Waals surface area contributed by atoms with Crippen LogP contribution in [0.15, 0.2) is 24.3 Å². The van der Waals surface area contributed by atoms with Crippen molar-refractivity contribution < 1.29 is 17.9 Å². The molecule has 0 spiro atoms. The van der Waals surface area contributed by atoms with Crippen molar-refractivity contribution in [2.24, 2.45) is 5.92 Å². The lowest BCUT2D eigenvalue weighted by Gasteiger charge is -2.30. The van der Waals surface area contributed by atoms with Gasteiger partial charge in [-0.05, 0) is 25.0 Å². The molecule has 1 saturated heterocycles. The molecule has 1 aromatic carbocycles. The fourth-order valence-corrected chi connectivity index (χ4v) is 3.35. The number of ether oxygens (including phenoxy) is 2. The quantitative estimate of drug-likeness (QED) is 0.831. The van der Waals surface area contributed by atoms with Crippen molar-refractivity contribution in [2.75, 3.05) is 33.1 Å². The van der Waals surface area contributed by atoms with Crippen LogP contribution in [-0.2, 0) is 10.0 Å². The molecule has 1 aliphatic heterocycles. The van der Waals surface area contributed by atoms with E-state index in [2.05, 4.69) is 0 Å². The van der Waals surface area contributed by atoms with Crippen LogP contribution in [0.3, 0.4) is 0 Å². The minimum Gasteiger partial charge on any atom is -0.493 e. The third-order valence-corrected chi connectivity index (χ3v) is 4.76. The highest BCUT2D eigenvalue weighted by atomic mass is 32.2. The maximum Gasteiger partial charge on any atom is 0.211 e. The van der Waals surface area contributed by atoms with E-state index >= 15 is 0 Å². The molecule has 0 aliphatic carbocycles.